The maximum Gasteiger partial charge on any atom is 0.257 e. The number of carbonyl (C=O) groups excluding carboxylic acids is 1. The molecule has 192 valence electrons. The van der Waals surface area contributed by atoms with Crippen molar-refractivity contribution in [3.8, 4) is 0 Å². The molecule has 0 bridgehead atoms. The molecule has 0 fully saturated rings. The van der Waals surface area contributed by atoms with Gasteiger partial charge >= 0.3 is 0 Å². The van der Waals surface area contributed by atoms with Crippen molar-refractivity contribution >= 4 is 44.5 Å². The maximum atomic E-state index is 14.8. The average molecular weight is 551 g/mol. The Labute approximate surface area is 221 Å². The van der Waals surface area contributed by atoms with E-state index < -0.39 is 36.8 Å². The monoisotopic (exact) mass is 550 g/mol. The van der Waals surface area contributed by atoms with E-state index in [1.807, 2.05) is 0 Å². The molecule has 11 heteroatoms. The third-order valence-electron chi connectivity index (χ3n) is 6.20. The minimum absolute atomic E-state index is 0.0520. The molecule has 0 saturated heterocycles. The molecule has 1 unspecified atom stereocenters. The molecule has 1 amide bonds. The van der Waals surface area contributed by atoms with Crippen molar-refractivity contribution in [2.75, 3.05) is 0 Å². The lowest BCUT2D eigenvalue weighted by atomic mass is 10.1. The number of rotatable bonds is 7. The molecule has 1 aliphatic rings. The Morgan fingerprint density at radius 2 is 1.92 bits per heavy atom. The minimum Gasteiger partial charge on any atom is -0.359 e. The zero-order valence-corrected chi connectivity index (χ0v) is 21.3. The summed E-state index contributed by atoms with van der Waals surface area (Å²) in [6, 6.07) is 11.9. The molecular formula is C27H20ClFN4O4S. The van der Waals surface area contributed by atoms with Gasteiger partial charge in [0.25, 0.3) is 5.91 Å². The normalized spacial score (nSPS) is 16.7. The second-order valence-electron chi connectivity index (χ2n) is 8.69. The lowest BCUT2D eigenvalue weighted by Gasteiger charge is -2.25. The molecule has 5 rings (SSSR count). The number of aliphatic imine (C=N–C) groups is 1. The van der Waals surface area contributed by atoms with Gasteiger partial charge in [-0.25, -0.2) is 12.8 Å². The van der Waals surface area contributed by atoms with Crippen LogP contribution in [0.5, 0.6) is 0 Å². The summed E-state index contributed by atoms with van der Waals surface area (Å²) >= 11 is 5.87. The second-order valence-corrected chi connectivity index (χ2v) is 11.3. The SMILES string of the molecule is O=C(NCc1ccc(Cl)cc1)c1c[nH]c2c(S(=O)(=O)C3(Cc4cccnc4)C=CC=N3)cc(F)cc2c1=O. The Bertz CT molecular complexity index is 1760. The molecule has 0 saturated carbocycles. The summed E-state index contributed by atoms with van der Waals surface area (Å²) in [5, 5.41) is 2.90. The van der Waals surface area contributed by atoms with E-state index >= 15 is 0 Å². The summed E-state index contributed by atoms with van der Waals surface area (Å²) in [5.74, 6) is -1.64. The van der Waals surface area contributed by atoms with Crippen LogP contribution in [0, 0.1) is 5.82 Å². The van der Waals surface area contributed by atoms with Gasteiger partial charge in [0, 0.05) is 42.8 Å². The number of carbonyl (C=O) groups is 1. The van der Waals surface area contributed by atoms with E-state index in [-0.39, 0.29) is 29.4 Å². The lowest BCUT2D eigenvalue weighted by molar-refractivity contribution is 0.0949. The number of sulfone groups is 1. The highest BCUT2D eigenvalue weighted by atomic mass is 35.5. The first kappa shape index (κ1) is 25.5. The molecule has 2 aromatic carbocycles. The highest BCUT2D eigenvalue weighted by Crippen LogP contribution is 2.36. The standard InChI is InChI=1S/C27H20ClFN4O4S/c28-19-6-4-17(5-7-19)15-32-26(35)22-16-31-24-21(25(22)34)11-20(29)12-23(24)38(36,37)27(8-2-10-33-27)13-18-3-1-9-30-14-18/h1-12,14,16H,13,15H2,(H,31,34)(H,32,35). The van der Waals surface area contributed by atoms with Crippen LogP contribution in [-0.2, 0) is 22.8 Å². The number of amides is 1. The van der Waals surface area contributed by atoms with Crippen molar-refractivity contribution in [3.05, 3.63) is 117 Å². The molecule has 2 aromatic heterocycles. The van der Waals surface area contributed by atoms with E-state index in [1.165, 1.54) is 24.6 Å². The summed E-state index contributed by atoms with van der Waals surface area (Å²) in [7, 11) is -4.38. The van der Waals surface area contributed by atoms with E-state index in [2.05, 4.69) is 20.3 Å². The maximum absolute atomic E-state index is 14.8. The fourth-order valence-corrected chi connectivity index (χ4v) is 6.30. The van der Waals surface area contributed by atoms with Crippen molar-refractivity contribution in [3.63, 3.8) is 0 Å². The van der Waals surface area contributed by atoms with Crippen molar-refractivity contribution < 1.29 is 17.6 Å². The smallest absolute Gasteiger partial charge is 0.257 e. The molecule has 0 radical (unpaired) electrons. The molecule has 0 spiro atoms. The molecule has 1 aliphatic heterocycles. The second kappa shape index (κ2) is 9.96. The number of allylic oxidation sites excluding steroid dienone is 1. The van der Waals surface area contributed by atoms with Crippen LogP contribution in [0.25, 0.3) is 10.9 Å². The van der Waals surface area contributed by atoms with E-state index in [1.54, 1.807) is 42.6 Å². The average Bonchev–Trinajstić information content (AvgIpc) is 3.39. The number of pyridine rings is 2. The van der Waals surface area contributed by atoms with Crippen molar-refractivity contribution in [2.45, 2.75) is 22.7 Å². The Kier molecular flexibility index (Phi) is 6.68. The number of fused-ring (bicyclic) bond motifs is 1. The van der Waals surface area contributed by atoms with Gasteiger partial charge in [-0.2, -0.15) is 0 Å². The van der Waals surface area contributed by atoms with Gasteiger partial charge in [0.1, 0.15) is 11.4 Å². The number of nitrogens with one attached hydrogen (secondary N) is 2. The summed E-state index contributed by atoms with van der Waals surface area (Å²) in [6.45, 7) is 0.122. The van der Waals surface area contributed by atoms with Gasteiger partial charge in [-0.05, 0) is 53.6 Å². The van der Waals surface area contributed by atoms with Crippen LogP contribution in [-0.4, -0.2) is 35.4 Å². The van der Waals surface area contributed by atoms with Gasteiger partial charge in [-0.15, -0.1) is 0 Å². The lowest BCUT2D eigenvalue weighted by Crippen LogP contribution is -2.36. The number of nitrogens with zero attached hydrogens (tertiary/aromatic N) is 2. The number of aromatic nitrogens is 2. The van der Waals surface area contributed by atoms with E-state index in [9.17, 15) is 22.4 Å². The van der Waals surface area contributed by atoms with Gasteiger partial charge in [0.2, 0.25) is 15.3 Å². The highest BCUT2D eigenvalue weighted by molar-refractivity contribution is 7.93. The fourth-order valence-electron chi connectivity index (χ4n) is 4.27. The van der Waals surface area contributed by atoms with Crippen molar-refractivity contribution in [2.24, 2.45) is 4.99 Å². The van der Waals surface area contributed by atoms with Gasteiger partial charge in [0.05, 0.1) is 15.8 Å². The summed E-state index contributed by atoms with van der Waals surface area (Å²) in [4.78, 5) is 34.8. The van der Waals surface area contributed by atoms with Crippen LogP contribution < -0.4 is 10.7 Å². The van der Waals surface area contributed by atoms with Gasteiger partial charge in [-0.1, -0.05) is 29.8 Å². The molecule has 2 N–H and O–H groups in total. The number of halogens is 2. The van der Waals surface area contributed by atoms with Gasteiger partial charge in [-0.3, -0.25) is 19.6 Å². The Balaban J connectivity index is 1.54. The molecular weight excluding hydrogens is 531 g/mol. The van der Waals surface area contributed by atoms with Crippen LogP contribution in [0.4, 0.5) is 4.39 Å². The third-order valence-corrected chi connectivity index (χ3v) is 8.67. The van der Waals surface area contributed by atoms with Crippen LogP contribution in [0.3, 0.4) is 0 Å². The molecule has 4 aromatic rings. The largest absolute Gasteiger partial charge is 0.359 e. The first-order chi connectivity index (χ1) is 18.2. The van der Waals surface area contributed by atoms with Crippen LogP contribution in [0.2, 0.25) is 5.02 Å². The molecule has 38 heavy (non-hydrogen) atoms. The quantitative estimate of drug-likeness (QED) is 0.360. The molecule has 0 aliphatic carbocycles. The number of aromatic amines is 1. The summed E-state index contributed by atoms with van der Waals surface area (Å²) in [6.07, 6.45) is 8.45. The predicted molar refractivity (Wildman–Crippen MR) is 143 cm³/mol. The number of H-pyrrole nitrogens is 1. The first-order valence-corrected chi connectivity index (χ1v) is 13.3. The molecule has 3 heterocycles. The Morgan fingerprint density at radius 3 is 2.61 bits per heavy atom. The van der Waals surface area contributed by atoms with E-state index in [0.717, 1.165) is 23.9 Å². The zero-order valence-electron chi connectivity index (χ0n) is 19.7. The van der Waals surface area contributed by atoms with Gasteiger partial charge in [0.15, 0.2) is 4.87 Å². The Hall–Kier alpha value is -4.15. The zero-order chi connectivity index (χ0) is 26.9. The van der Waals surface area contributed by atoms with Crippen LogP contribution >= 0.6 is 11.6 Å². The highest BCUT2D eigenvalue weighted by Gasteiger charge is 2.45. The van der Waals surface area contributed by atoms with E-state index in [4.69, 9.17) is 11.6 Å². The van der Waals surface area contributed by atoms with E-state index in [0.29, 0.717) is 10.6 Å². The number of hydrogen-bond donors (Lipinski definition) is 2. The number of benzene rings is 2. The Morgan fingerprint density at radius 1 is 1.13 bits per heavy atom. The van der Waals surface area contributed by atoms with Gasteiger partial charge < -0.3 is 10.3 Å². The topological polar surface area (TPSA) is 121 Å². The fraction of sp³-hybridized carbons (Fsp3) is 0.111. The first-order valence-electron chi connectivity index (χ1n) is 11.4. The van der Waals surface area contributed by atoms with Crippen molar-refractivity contribution in [1.82, 2.24) is 15.3 Å². The predicted octanol–water partition coefficient (Wildman–Crippen LogP) is 4.00. The van der Waals surface area contributed by atoms with Crippen LogP contribution in [0.1, 0.15) is 21.5 Å². The summed E-state index contributed by atoms with van der Waals surface area (Å²) < 4.78 is 42.7. The van der Waals surface area contributed by atoms with Crippen molar-refractivity contribution in [1.29, 1.82) is 0 Å². The summed E-state index contributed by atoms with van der Waals surface area (Å²) in [5.41, 5.74) is 0.142. The molecule has 1 atom stereocenters. The third kappa shape index (κ3) is 4.64. The van der Waals surface area contributed by atoms with Crippen LogP contribution in [0.15, 0.2) is 94.0 Å². The number of hydrogen-bond acceptors (Lipinski definition) is 6. The molecule has 8 nitrogen and oxygen atoms in total. The minimum atomic E-state index is -4.38.